The van der Waals surface area contributed by atoms with Gasteiger partial charge in [0.05, 0.1) is 11.3 Å². The first-order valence-corrected chi connectivity index (χ1v) is 5.69. The van der Waals surface area contributed by atoms with Crippen molar-refractivity contribution >= 4 is 11.4 Å². The molecule has 88 valence electrons. The number of fused-ring (bicyclic) bond motifs is 1. The molecule has 0 radical (unpaired) electrons. The Balaban J connectivity index is 2.75. The number of nitrogen functional groups attached to an aromatic ring is 1. The van der Waals surface area contributed by atoms with Crippen molar-refractivity contribution in [3.8, 4) is 12.3 Å². The molecule has 1 aliphatic rings. The lowest BCUT2D eigenvalue weighted by Crippen LogP contribution is -2.11. The second-order valence-corrected chi connectivity index (χ2v) is 4.55. The van der Waals surface area contributed by atoms with Crippen LogP contribution in [0.4, 0.5) is 10.2 Å². The summed E-state index contributed by atoms with van der Waals surface area (Å²) in [6, 6.07) is 1.80. The maximum atomic E-state index is 13.7. The molecule has 1 heterocycles. The smallest absolute Gasteiger partial charge is 0.123 e. The first-order chi connectivity index (χ1) is 8.04. The number of nitrogens with zero attached hydrogens (tertiary/aromatic N) is 1. The topological polar surface area (TPSA) is 38.9 Å². The van der Waals surface area contributed by atoms with Gasteiger partial charge in [0.15, 0.2) is 0 Å². The van der Waals surface area contributed by atoms with Gasteiger partial charge in [0.1, 0.15) is 11.6 Å². The highest BCUT2D eigenvalue weighted by atomic mass is 19.1. The van der Waals surface area contributed by atoms with Crippen molar-refractivity contribution in [2.24, 2.45) is 0 Å². The number of hydrogen-bond acceptors (Lipinski definition) is 2. The number of terminal acetylenes is 1. The summed E-state index contributed by atoms with van der Waals surface area (Å²) in [6.07, 6.45) is 6.40. The summed E-state index contributed by atoms with van der Waals surface area (Å²) in [6.45, 7) is 4.01. The minimum Gasteiger partial charge on any atom is -0.384 e. The molecular weight excluding hydrogens is 215 g/mol. The van der Waals surface area contributed by atoms with Gasteiger partial charge in [-0.2, -0.15) is 0 Å². The van der Waals surface area contributed by atoms with Gasteiger partial charge in [-0.15, -0.1) is 6.42 Å². The fourth-order valence-electron chi connectivity index (χ4n) is 2.20. The SMILES string of the molecule is C#CC1=C(F)CCc2cc(N)nc(C(C)C)c21. The quantitative estimate of drug-likeness (QED) is 0.753. The van der Waals surface area contributed by atoms with Crippen LogP contribution < -0.4 is 5.73 Å². The molecule has 0 atom stereocenters. The predicted molar refractivity (Wildman–Crippen MR) is 67.9 cm³/mol. The number of hydrogen-bond donors (Lipinski definition) is 1. The molecule has 1 aromatic heterocycles. The third kappa shape index (κ3) is 1.91. The molecule has 0 aliphatic heterocycles. The van der Waals surface area contributed by atoms with E-state index in [0.29, 0.717) is 24.2 Å². The molecule has 0 unspecified atom stereocenters. The summed E-state index contributed by atoms with van der Waals surface area (Å²) in [7, 11) is 0. The van der Waals surface area contributed by atoms with Gasteiger partial charge in [0.25, 0.3) is 0 Å². The van der Waals surface area contributed by atoms with Crippen LogP contribution in [0.3, 0.4) is 0 Å². The van der Waals surface area contributed by atoms with Crippen LogP contribution in [0.1, 0.15) is 43.0 Å². The molecule has 0 fully saturated rings. The standard InChI is InChI=1S/C14H15FN2/c1-4-10-11(15)6-5-9-7-12(16)17-14(8(2)3)13(9)10/h1,7-8H,5-6H2,2-3H3,(H2,16,17). The van der Waals surface area contributed by atoms with Crippen LogP contribution in [-0.4, -0.2) is 4.98 Å². The van der Waals surface area contributed by atoms with E-state index in [-0.39, 0.29) is 11.7 Å². The zero-order valence-corrected chi connectivity index (χ0v) is 10.0. The summed E-state index contributed by atoms with van der Waals surface area (Å²) >= 11 is 0. The average molecular weight is 230 g/mol. The number of nitrogens with two attached hydrogens (primary N) is 1. The van der Waals surface area contributed by atoms with Gasteiger partial charge in [0.2, 0.25) is 0 Å². The summed E-state index contributed by atoms with van der Waals surface area (Å²) < 4.78 is 13.7. The number of rotatable bonds is 1. The molecule has 17 heavy (non-hydrogen) atoms. The highest BCUT2D eigenvalue weighted by Gasteiger charge is 2.23. The van der Waals surface area contributed by atoms with Crippen molar-refractivity contribution in [3.63, 3.8) is 0 Å². The predicted octanol–water partition coefficient (Wildman–Crippen LogP) is 3.05. The lowest BCUT2D eigenvalue weighted by Gasteiger charge is -2.21. The Hall–Kier alpha value is -1.82. The van der Waals surface area contributed by atoms with E-state index in [1.165, 1.54) is 0 Å². The van der Waals surface area contributed by atoms with E-state index in [9.17, 15) is 4.39 Å². The van der Waals surface area contributed by atoms with E-state index in [1.807, 2.05) is 13.8 Å². The molecule has 3 heteroatoms. The van der Waals surface area contributed by atoms with E-state index >= 15 is 0 Å². The Morgan fingerprint density at radius 2 is 2.18 bits per heavy atom. The van der Waals surface area contributed by atoms with Gasteiger partial charge in [0, 0.05) is 12.0 Å². The van der Waals surface area contributed by atoms with E-state index in [0.717, 1.165) is 16.8 Å². The van der Waals surface area contributed by atoms with Gasteiger partial charge < -0.3 is 5.73 Å². The Morgan fingerprint density at radius 3 is 2.76 bits per heavy atom. The second-order valence-electron chi connectivity index (χ2n) is 4.55. The molecule has 2 rings (SSSR count). The second kappa shape index (κ2) is 4.21. The van der Waals surface area contributed by atoms with Crippen LogP contribution in [0.5, 0.6) is 0 Å². The maximum absolute atomic E-state index is 13.7. The molecule has 0 saturated heterocycles. The highest BCUT2D eigenvalue weighted by Crippen LogP contribution is 2.36. The summed E-state index contributed by atoms with van der Waals surface area (Å²) in [5, 5.41) is 0. The number of aromatic nitrogens is 1. The van der Waals surface area contributed by atoms with Gasteiger partial charge in [-0.25, -0.2) is 9.37 Å². The molecule has 0 amide bonds. The molecule has 1 aromatic rings. The van der Waals surface area contributed by atoms with E-state index in [1.54, 1.807) is 6.07 Å². The van der Waals surface area contributed by atoms with Crippen molar-refractivity contribution in [1.29, 1.82) is 0 Å². The summed E-state index contributed by atoms with van der Waals surface area (Å²) in [4.78, 5) is 4.30. The third-order valence-electron chi connectivity index (χ3n) is 2.98. The number of aryl methyl sites for hydroxylation is 1. The third-order valence-corrected chi connectivity index (χ3v) is 2.98. The van der Waals surface area contributed by atoms with Crippen molar-refractivity contribution in [1.82, 2.24) is 4.98 Å². The van der Waals surface area contributed by atoms with Gasteiger partial charge in [-0.3, -0.25) is 0 Å². The Kier molecular flexibility index (Phi) is 2.89. The number of anilines is 1. The normalized spacial score (nSPS) is 14.8. The van der Waals surface area contributed by atoms with Crippen molar-refractivity contribution < 1.29 is 4.39 Å². The molecular formula is C14H15FN2. The Labute approximate surface area is 101 Å². The van der Waals surface area contributed by atoms with E-state index < -0.39 is 0 Å². The lowest BCUT2D eigenvalue weighted by atomic mass is 9.86. The first-order valence-electron chi connectivity index (χ1n) is 5.69. The van der Waals surface area contributed by atoms with Crippen LogP contribution in [0, 0.1) is 12.3 Å². The minimum absolute atomic E-state index is 0.168. The van der Waals surface area contributed by atoms with Gasteiger partial charge >= 0.3 is 0 Å². The molecule has 2 N–H and O–H groups in total. The molecule has 0 saturated carbocycles. The van der Waals surface area contributed by atoms with Crippen molar-refractivity contribution in [2.45, 2.75) is 32.6 Å². The average Bonchev–Trinajstić information content (AvgIpc) is 2.28. The van der Waals surface area contributed by atoms with Crippen molar-refractivity contribution in [2.75, 3.05) is 5.73 Å². The van der Waals surface area contributed by atoms with Crippen LogP contribution in [0.25, 0.3) is 5.57 Å². The molecule has 0 bridgehead atoms. The zero-order chi connectivity index (χ0) is 12.6. The van der Waals surface area contributed by atoms with E-state index in [4.69, 9.17) is 12.2 Å². The largest absolute Gasteiger partial charge is 0.384 e. The molecule has 2 nitrogen and oxygen atoms in total. The number of allylic oxidation sites excluding steroid dienone is 2. The van der Waals surface area contributed by atoms with Crippen molar-refractivity contribution in [3.05, 3.63) is 28.7 Å². The maximum Gasteiger partial charge on any atom is 0.123 e. The van der Waals surface area contributed by atoms with Gasteiger partial charge in [-0.05, 0) is 24.0 Å². The van der Waals surface area contributed by atoms with Gasteiger partial charge in [-0.1, -0.05) is 19.8 Å². The van der Waals surface area contributed by atoms with Crippen LogP contribution in [0.2, 0.25) is 0 Å². The van der Waals surface area contributed by atoms with Crippen LogP contribution in [-0.2, 0) is 6.42 Å². The number of halogens is 1. The lowest BCUT2D eigenvalue weighted by molar-refractivity contribution is 0.586. The summed E-state index contributed by atoms with van der Waals surface area (Å²) in [5.41, 5.74) is 8.70. The minimum atomic E-state index is -0.214. The number of pyridine rings is 1. The molecule has 0 spiro atoms. The summed E-state index contributed by atoms with van der Waals surface area (Å²) in [5.74, 6) is 2.88. The molecule has 1 aliphatic carbocycles. The van der Waals surface area contributed by atoms with Crippen LogP contribution in [0.15, 0.2) is 11.9 Å². The van der Waals surface area contributed by atoms with Crippen LogP contribution >= 0.6 is 0 Å². The highest BCUT2D eigenvalue weighted by molar-refractivity contribution is 5.84. The monoisotopic (exact) mass is 230 g/mol. The van der Waals surface area contributed by atoms with E-state index in [2.05, 4.69) is 10.9 Å². The zero-order valence-electron chi connectivity index (χ0n) is 10.0. The fourth-order valence-corrected chi connectivity index (χ4v) is 2.20. The first kappa shape index (κ1) is 11.7. The molecule has 0 aromatic carbocycles. The Morgan fingerprint density at radius 1 is 1.47 bits per heavy atom. The fraction of sp³-hybridized carbons (Fsp3) is 0.357. The Bertz CT molecular complexity index is 536.